The van der Waals surface area contributed by atoms with Gasteiger partial charge in [-0.15, -0.1) is 0 Å². The van der Waals surface area contributed by atoms with E-state index in [1.54, 1.807) is 12.1 Å². The van der Waals surface area contributed by atoms with Gasteiger partial charge in [0.15, 0.2) is 0 Å². The first kappa shape index (κ1) is 17.5. The number of piperidine rings is 1. The van der Waals surface area contributed by atoms with Crippen molar-refractivity contribution >= 4 is 5.91 Å². The fourth-order valence-corrected chi connectivity index (χ4v) is 3.09. The number of rotatable bonds is 4. The molecule has 0 aromatic heterocycles. The summed E-state index contributed by atoms with van der Waals surface area (Å²) in [6, 6.07) is 15.8. The lowest BCUT2D eigenvalue weighted by Crippen LogP contribution is -2.44. The van der Waals surface area contributed by atoms with Crippen LogP contribution < -0.4 is 5.73 Å². The predicted molar refractivity (Wildman–Crippen MR) is 94.2 cm³/mol. The normalized spacial score (nSPS) is 16.0. The zero-order chi connectivity index (χ0) is 17.9. The number of nitrogens with zero attached hydrogens (tertiary/aromatic N) is 1. The maximum Gasteiger partial charge on any atom is 0.281 e. The molecule has 0 aliphatic carbocycles. The van der Waals surface area contributed by atoms with Gasteiger partial charge in [0.05, 0.1) is 6.42 Å². The highest BCUT2D eigenvalue weighted by atomic mass is 19.3. The van der Waals surface area contributed by atoms with Gasteiger partial charge in [-0.25, -0.2) is 8.78 Å². The Hall–Kier alpha value is -2.27. The predicted octanol–water partition coefficient (Wildman–Crippen LogP) is 3.79. The Balaban J connectivity index is 1.68. The molecule has 0 bridgehead atoms. The molecule has 0 spiro atoms. The van der Waals surface area contributed by atoms with Crippen molar-refractivity contribution in [3.8, 4) is 11.1 Å². The molecule has 1 fully saturated rings. The molecule has 0 atom stereocenters. The van der Waals surface area contributed by atoms with Crippen LogP contribution in [-0.2, 0) is 10.7 Å². The molecule has 0 unspecified atom stereocenters. The topological polar surface area (TPSA) is 46.3 Å². The summed E-state index contributed by atoms with van der Waals surface area (Å²) in [4.78, 5) is 13.7. The molecule has 3 rings (SSSR count). The van der Waals surface area contributed by atoms with Crippen LogP contribution in [0.3, 0.4) is 0 Å². The molecule has 2 aromatic carbocycles. The molecule has 1 saturated heterocycles. The van der Waals surface area contributed by atoms with E-state index in [1.807, 2.05) is 30.3 Å². The van der Waals surface area contributed by atoms with Gasteiger partial charge in [0.1, 0.15) is 0 Å². The summed E-state index contributed by atoms with van der Waals surface area (Å²) in [6.45, 7) is 0.923. The van der Waals surface area contributed by atoms with Crippen molar-refractivity contribution in [2.45, 2.75) is 31.2 Å². The van der Waals surface area contributed by atoms with Crippen LogP contribution >= 0.6 is 0 Å². The Morgan fingerprint density at radius 2 is 1.56 bits per heavy atom. The SMILES string of the molecule is NC1CCN(C(=O)CC(F)(F)c2ccc(-c3ccccc3)cc2)CC1. The summed E-state index contributed by atoms with van der Waals surface area (Å²) >= 11 is 0. The van der Waals surface area contributed by atoms with E-state index in [9.17, 15) is 13.6 Å². The van der Waals surface area contributed by atoms with Crippen molar-refractivity contribution in [1.29, 1.82) is 0 Å². The number of nitrogens with two attached hydrogens (primary N) is 1. The van der Waals surface area contributed by atoms with Crippen LogP contribution in [-0.4, -0.2) is 29.9 Å². The summed E-state index contributed by atoms with van der Waals surface area (Å²) in [5, 5.41) is 0. The maximum absolute atomic E-state index is 14.5. The van der Waals surface area contributed by atoms with Crippen molar-refractivity contribution in [3.63, 3.8) is 0 Å². The first-order valence-corrected chi connectivity index (χ1v) is 8.53. The number of hydrogen-bond acceptors (Lipinski definition) is 2. The molecule has 1 amide bonds. The highest BCUT2D eigenvalue weighted by molar-refractivity contribution is 5.77. The molecule has 1 heterocycles. The van der Waals surface area contributed by atoms with Crippen LogP contribution in [0, 0.1) is 0 Å². The number of amides is 1. The minimum absolute atomic E-state index is 0.0649. The van der Waals surface area contributed by atoms with Crippen molar-refractivity contribution < 1.29 is 13.6 Å². The van der Waals surface area contributed by atoms with Gasteiger partial charge in [-0.3, -0.25) is 4.79 Å². The molecule has 0 radical (unpaired) electrons. The third-order valence-electron chi connectivity index (χ3n) is 4.68. The Kier molecular flexibility index (Phi) is 5.13. The van der Waals surface area contributed by atoms with Gasteiger partial charge in [0.25, 0.3) is 5.92 Å². The third kappa shape index (κ3) is 4.23. The van der Waals surface area contributed by atoms with E-state index in [0.29, 0.717) is 25.9 Å². The van der Waals surface area contributed by atoms with Gasteiger partial charge in [0.2, 0.25) is 5.91 Å². The smallest absolute Gasteiger partial charge is 0.281 e. The number of carbonyl (C=O) groups is 1. The molecule has 0 saturated carbocycles. The van der Waals surface area contributed by atoms with Gasteiger partial charge in [-0.2, -0.15) is 0 Å². The molecule has 132 valence electrons. The maximum atomic E-state index is 14.5. The van der Waals surface area contributed by atoms with Gasteiger partial charge in [-0.1, -0.05) is 54.6 Å². The number of likely N-dealkylation sites (tertiary alicyclic amines) is 1. The van der Waals surface area contributed by atoms with Crippen molar-refractivity contribution in [3.05, 3.63) is 60.2 Å². The van der Waals surface area contributed by atoms with Crippen LogP contribution in [0.1, 0.15) is 24.8 Å². The summed E-state index contributed by atoms with van der Waals surface area (Å²) in [7, 11) is 0. The summed E-state index contributed by atoms with van der Waals surface area (Å²) in [5.74, 6) is -3.68. The number of alkyl halides is 2. The second-order valence-corrected chi connectivity index (χ2v) is 6.54. The van der Waals surface area contributed by atoms with Crippen LogP contribution in [0.4, 0.5) is 8.78 Å². The number of benzene rings is 2. The van der Waals surface area contributed by atoms with Crippen LogP contribution in [0.5, 0.6) is 0 Å². The fourth-order valence-electron chi connectivity index (χ4n) is 3.09. The summed E-state index contributed by atoms with van der Waals surface area (Å²) in [6.07, 6.45) is 0.541. The Morgan fingerprint density at radius 1 is 1.00 bits per heavy atom. The van der Waals surface area contributed by atoms with E-state index in [4.69, 9.17) is 5.73 Å². The van der Waals surface area contributed by atoms with Gasteiger partial charge in [-0.05, 0) is 24.0 Å². The molecule has 1 aliphatic heterocycles. The lowest BCUT2D eigenvalue weighted by atomic mass is 9.99. The van der Waals surface area contributed by atoms with E-state index < -0.39 is 18.3 Å². The fraction of sp³-hybridized carbons (Fsp3) is 0.350. The van der Waals surface area contributed by atoms with E-state index in [2.05, 4.69) is 0 Å². The molecule has 1 aliphatic rings. The Labute approximate surface area is 146 Å². The van der Waals surface area contributed by atoms with E-state index in [0.717, 1.165) is 11.1 Å². The lowest BCUT2D eigenvalue weighted by Gasteiger charge is -2.31. The Bertz CT molecular complexity index is 708. The molecular formula is C20H22F2N2O. The van der Waals surface area contributed by atoms with Crippen molar-refractivity contribution in [1.82, 2.24) is 4.90 Å². The highest BCUT2D eigenvalue weighted by Crippen LogP contribution is 2.34. The number of hydrogen-bond donors (Lipinski definition) is 1. The first-order chi connectivity index (χ1) is 12.0. The lowest BCUT2D eigenvalue weighted by molar-refractivity contribution is -0.140. The largest absolute Gasteiger partial charge is 0.342 e. The van der Waals surface area contributed by atoms with Crippen molar-refractivity contribution in [2.24, 2.45) is 5.73 Å². The molecule has 3 nitrogen and oxygen atoms in total. The molecule has 2 N–H and O–H groups in total. The van der Waals surface area contributed by atoms with E-state index >= 15 is 0 Å². The van der Waals surface area contributed by atoms with E-state index in [1.165, 1.54) is 17.0 Å². The molecular weight excluding hydrogens is 322 g/mol. The number of halogens is 2. The van der Waals surface area contributed by atoms with Gasteiger partial charge >= 0.3 is 0 Å². The minimum atomic E-state index is -3.17. The zero-order valence-electron chi connectivity index (χ0n) is 14.0. The average Bonchev–Trinajstić information content (AvgIpc) is 2.63. The van der Waals surface area contributed by atoms with Gasteiger partial charge in [0, 0.05) is 24.7 Å². The van der Waals surface area contributed by atoms with Gasteiger partial charge < -0.3 is 10.6 Å². The monoisotopic (exact) mass is 344 g/mol. The Morgan fingerprint density at radius 3 is 2.16 bits per heavy atom. The van der Waals surface area contributed by atoms with Crippen LogP contribution in [0.15, 0.2) is 54.6 Å². The minimum Gasteiger partial charge on any atom is -0.342 e. The third-order valence-corrected chi connectivity index (χ3v) is 4.68. The standard InChI is InChI=1S/C20H22F2N2O/c21-20(22,14-19(25)24-12-10-18(23)11-13-24)17-8-6-16(7-9-17)15-4-2-1-3-5-15/h1-9,18H,10-14,23H2. The molecule has 25 heavy (non-hydrogen) atoms. The summed E-state index contributed by atoms with van der Waals surface area (Å²) in [5.41, 5.74) is 7.50. The van der Waals surface area contributed by atoms with Crippen LogP contribution in [0.2, 0.25) is 0 Å². The van der Waals surface area contributed by atoms with E-state index in [-0.39, 0.29) is 11.6 Å². The summed E-state index contributed by atoms with van der Waals surface area (Å²) < 4.78 is 29.0. The first-order valence-electron chi connectivity index (χ1n) is 8.53. The van der Waals surface area contributed by atoms with Crippen molar-refractivity contribution in [2.75, 3.05) is 13.1 Å². The quantitative estimate of drug-likeness (QED) is 0.917. The molecule has 2 aromatic rings. The van der Waals surface area contributed by atoms with Crippen LogP contribution in [0.25, 0.3) is 11.1 Å². The average molecular weight is 344 g/mol. The second kappa shape index (κ2) is 7.31. The highest BCUT2D eigenvalue weighted by Gasteiger charge is 2.36. The second-order valence-electron chi connectivity index (χ2n) is 6.54. The zero-order valence-corrected chi connectivity index (χ0v) is 14.0. The molecule has 5 heteroatoms. The number of carbonyl (C=O) groups excluding carboxylic acids is 1.